The lowest BCUT2D eigenvalue weighted by Crippen LogP contribution is -2.29. The van der Waals surface area contributed by atoms with Crippen LogP contribution < -0.4 is 9.64 Å². The van der Waals surface area contributed by atoms with Crippen LogP contribution in [-0.2, 0) is 9.59 Å². The molecule has 2 heterocycles. The maximum atomic E-state index is 13.3. The minimum absolute atomic E-state index is 0.0536. The number of aliphatic hydroxyl groups is 1. The van der Waals surface area contributed by atoms with Crippen molar-refractivity contribution in [2.24, 2.45) is 0 Å². The van der Waals surface area contributed by atoms with Crippen molar-refractivity contribution in [1.29, 1.82) is 0 Å². The molecule has 0 bridgehead atoms. The van der Waals surface area contributed by atoms with Gasteiger partial charge in [0.05, 0.1) is 30.0 Å². The second kappa shape index (κ2) is 8.60. The second-order valence-electron chi connectivity index (χ2n) is 7.75. The van der Waals surface area contributed by atoms with Gasteiger partial charge in [-0.1, -0.05) is 17.7 Å². The Hall–Kier alpha value is -3.84. The number of ketones is 1. The highest BCUT2D eigenvalue weighted by atomic mass is 35.5. The molecule has 2 N–H and O–H groups in total. The molecule has 1 atom stereocenters. The number of ether oxygens (including phenoxy) is 1. The number of aliphatic hydroxyl groups excluding tert-OH is 1. The number of carbonyl (C=O) groups is 2. The number of Topliss-reactive ketones (excluding diaryl/α,β-unsaturated/α-hetero) is 1. The van der Waals surface area contributed by atoms with Crippen LogP contribution in [0.2, 0.25) is 5.02 Å². The number of anilines is 1. The number of hydrogen-bond acceptors (Lipinski definition) is 6. The van der Waals surface area contributed by atoms with Crippen LogP contribution in [0.1, 0.15) is 28.3 Å². The highest BCUT2D eigenvalue weighted by Gasteiger charge is 2.48. The predicted molar refractivity (Wildman–Crippen MR) is 125 cm³/mol. The van der Waals surface area contributed by atoms with Gasteiger partial charge in [0.2, 0.25) is 0 Å². The van der Waals surface area contributed by atoms with Crippen LogP contribution in [0.3, 0.4) is 0 Å². The molecule has 1 aromatic heterocycles. The molecular weight excluding hydrogens is 444 g/mol. The van der Waals surface area contributed by atoms with E-state index in [1.807, 2.05) is 19.9 Å². The Morgan fingerprint density at radius 3 is 2.45 bits per heavy atom. The van der Waals surface area contributed by atoms with E-state index in [0.717, 1.165) is 16.0 Å². The summed E-state index contributed by atoms with van der Waals surface area (Å²) in [5.41, 5.74) is 2.35. The lowest BCUT2D eigenvalue weighted by molar-refractivity contribution is -0.132. The first-order valence-corrected chi connectivity index (χ1v) is 10.5. The van der Waals surface area contributed by atoms with Crippen LogP contribution in [0.25, 0.3) is 5.76 Å². The molecule has 1 aliphatic heterocycles. The summed E-state index contributed by atoms with van der Waals surface area (Å²) in [4.78, 5) is 31.6. The zero-order valence-electron chi connectivity index (χ0n) is 18.2. The van der Waals surface area contributed by atoms with Crippen molar-refractivity contribution < 1.29 is 24.5 Å². The van der Waals surface area contributed by atoms with Crippen LogP contribution in [0.15, 0.2) is 60.4 Å². The lowest BCUT2D eigenvalue weighted by Gasteiger charge is -2.26. The van der Waals surface area contributed by atoms with Gasteiger partial charge in [-0.25, -0.2) is 0 Å². The van der Waals surface area contributed by atoms with E-state index >= 15 is 0 Å². The van der Waals surface area contributed by atoms with Crippen molar-refractivity contribution in [2.45, 2.75) is 19.9 Å². The molecule has 1 fully saturated rings. The highest BCUT2D eigenvalue weighted by molar-refractivity contribution is 6.52. The molecule has 1 aliphatic rings. The van der Waals surface area contributed by atoms with E-state index < -0.39 is 17.7 Å². The van der Waals surface area contributed by atoms with Gasteiger partial charge < -0.3 is 14.9 Å². The van der Waals surface area contributed by atoms with E-state index in [1.54, 1.807) is 18.2 Å². The molecule has 1 saturated heterocycles. The first kappa shape index (κ1) is 22.4. The van der Waals surface area contributed by atoms with Crippen LogP contribution in [-0.4, -0.2) is 34.0 Å². The van der Waals surface area contributed by atoms with Gasteiger partial charge in [-0.05, 0) is 66.9 Å². The van der Waals surface area contributed by atoms with Crippen molar-refractivity contribution in [3.63, 3.8) is 0 Å². The lowest BCUT2D eigenvalue weighted by atomic mass is 9.94. The molecule has 1 unspecified atom stereocenters. The molecule has 0 saturated carbocycles. The van der Waals surface area contributed by atoms with Gasteiger partial charge in [0.25, 0.3) is 11.7 Å². The largest absolute Gasteiger partial charge is 0.507 e. The fourth-order valence-corrected chi connectivity index (χ4v) is 4.34. The number of nitrogens with zero attached hydrogens (tertiary/aromatic N) is 2. The van der Waals surface area contributed by atoms with E-state index in [0.29, 0.717) is 16.9 Å². The zero-order valence-corrected chi connectivity index (χ0v) is 18.9. The smallest absolute Gasteiger partial charge is 0.300 e. The Kier molecular flexibility index (Phi) is 5.82. The summed E-state index contributed by atoms with van der Waals surface area (Å²) in [6.07, 6.45) is 3.04. The van der Waals surface area contributed by atoms with E-state index in [2.05, 4.69) is 4.98 Å². The average molecular weight is 465 g/mol. The van der Waals surface area contributed by atoms with Crippen molar-refractivity contribution in [3.05, 3.63) is 87.7 Å². The van der Waals surface area contributed by atoms with Crippen LogP contribution >= 0.6 is 11.6 Å². The monoisotopic (exact) mass is 464 g/mol. The number of pyridine rings is 1. The number of rotatable bonds is 4. The summed E-state index contributed by atoms with van der Waals surface area (Å²) in [5, 5.41) is 22.1. The molecule has 0 radical (unpaired) electrons. The first-order valence-electron chi connectivity index (χ1n) is 10.1. The van der Waals surface area contributed by atoms with Gasteiger partial charge in [-0.2, -0.15) is 0 Å². The summed E-state index contributed by atoms with van der Waals surface area (Å²) in [5.74, 6) is -2.01. The minimum atomic E-state index is -1.03. The number of aromatic hydroxyl groups is 1. The molecular formula is C25H21ClN2O5. The average Bonchev–Trinajstić information content (AvgIpc) is 3.05. The number of halogens is 1. The molecule has 0 spiro atoms. The Morgan fingerprint density at radius 2 is 1.79 bits per heavy atom. The first-order chi connectivity index (χ1) is 15.7. The Balaban J connectivity index is 2.03. The molecule has 0 aliphatic carbocycles. The van der Waals surface area contributed by atoms with E-state index in [9.17, 15) is 19.8 Å². The maximum Gasteiger partial charge on any atom is 0.300 e. The third kappa shape index (κ3) is 3.81. The predicted octanol–water partition coefficient (Wildman–Crippen LogP) is 4.69. The van der Waals surface area contributed by atoms with E-state index in [-0.39, 0.29) is 27.8 Å². The van der Waals surface area contributed by atoms with Gasteiger partial charge in [-0.15, -0.1) is 0 Å². The topological polar surface area (TPSA) is 100.0 Å². The number of hydrogen-bond donors (Lipinski definition) is 2. The minimum Gasteiger partial charge on any atom is -0.507 e. The Bertz CT molecular complexity index is 1300. The summed E-state index contributed by atoms with van der Waals surface area (Å²) in [6.45, 7) is 3.68. The molecule has 8 heteroatoms. The summed E-state index contributed by atoms with van der Waals surface area (Å²) < 4.78 is 5.49. The standard InChI is InChI=1S/C25H21ClN2O5/c1-13-10-14(2)24(33-3)17(11-13)22(30)20-21(15-6-8-27-9-7-15)28(25(32)23(20)31)18-12-16(26)4-5-19(18)29/h4-12,21,29-30H,1-3H3/b22-20+. The van der Waals surface area contributed by atoms with Crippen molar-refractivity contribution in [2.75, 3.05) is 12.0 Å². The van der Waals surface area contributed by atoms with Crippen molar-refractivity contribution in [3.8, 4) is 11.5 Å². The summed E-state index contributed by atoms with van der Waals surface area (Å²) in [6, 6.07) is 10.0. The Labute approximate surface area is 195 Å². The number of aryl methyl sites for hydroxylation is 2. The molecule has 3 aromatic rings. The fourth-order valence-electron chi connectivity index (χ4n) is 4.18. The van der Waals surface area contributed by atoms with Gasteiger partial charge in [0, 0.05) is 17.4 Å². The molecule has 4 rings (SSSR count). The van der Waals surface area contributed by atoms with Crippen LogP contribution in [0, 0.1) is 13.8 Å². The van der Waals surface area contributed by atoms with E-state index in [4.69, 9.17) is 16.3 Å². The number of carbonyl (C=O) groups excluding carboxylic acids is 2. The normalized spacial score (nSPS) is 17.5. The third-order valence-corrected chi connectivity index (χ3v) is 5.78. The quantitative estimate of drug-likeness (QED) is 0.330. The molecule has 1 amide bonds. The van der Waals surface area contributed by atoms with Crippen molar-refractivity contribution in [1.82, 2.24) is 4.98 Å². The fraction of sp³-hybridized carbons (Fsp3) is 0.160. The van der Waals surface area contributed by atoms with Crippen molar-refractivity contribution >= 4 is 34.7 Å². The van der Waals surface area contributed by atoms with E-state index in [1.165, 1.54) is 37.7 Å². The number of benzene rings is 2. The third-order valence-electron chi connectivity index (χ3n) is 5.54. The van der Waals surface area contributed by atoms with Crippen LogP contribution in [0.4, 0.5) is 5.69 Å². The second-order valence-corrected chi connectivity index (χ2v) is 8.18. The van der Waals surface area contributed by atoms with Gasteiger partial charge in [0.15, 0.2) is 0 Å². The number of aromatic nitrogens is 1. The van der Waals surface area contributed by atoms with Gasteiger partial charge in [-0.3, -0.25) is 19.5 Å². The number of amides is 1. The highest BCUT2D eigenvalue weighted by Crippen LogP contribution is 2.46. The summed E-state index contributed by atoms with van der Waals surface area (Å²) >= 11 is 6.12. The summed E-state index contributed by atoms with van der Waals surface area (Å²) in [7, 11) is 1.47. The number of phenols is 1. The van der Waals surface area contributed by atoms with Crippen LogP contribution in [0.5, 0.6) is 11.5 Å². The molecule has 2 aromatic carbocycles. The molecule has 33 heavy (non-hydrogen) atoms. The SMILES string of the molecule is COc1c(C)cc(C)cc1/C(O)=C1\C(=O)C(=O)N(c2cc(Cl)ccc2O)C1c1ccncc1. The molecule has 168 valence electrons. The molecule has 7 nitrogen and oxygen atoms in total. The maximum absolute atomic E-state index is 13.3. The number of methoxy groups -OCH3 is 1. The van der Waals surface area contributed by atoms with Gasteiger partial charge >= 0.3 is 0 Å². The van der Waals surface area contributed by atoms with Gasteiger partial charge in [0.1, 0.15) is 17.3 Å². The Morgan fingerprint density at radius 1 is 1.09 bits per heavy atom. The zero-order chi connectivity index (χ0) is 23.9. The number of phenolic OH excluding ortho intramolecular Hbond substituents is 1.